The molecule has 110 valence electrons. The largest absolute Gasteiger partial charge is 0.310 e. The fourth-order valence-electron chi connectivity index (χ4n) is 3.65. The molecule has 1 saturated carbocycles. The van der Waals surface area contributed by atoms with Crippen molar-refractivity contribution in [3.63, 3.8) is 0 Å². The van der Waals surface area contributed by atoms with Gasteiger partial charge in [0, 0.05) is 24.2 Å². The van der Waals surface area contributed by atoms with Crippen molar-refractivity contribution in [3.8, 4) is 0 Å². The summed E-state index contributed by atoms with van der Waals surface area (Å²) in [4.78, 5) is 2.28. The predicted molar refractivity (Wildman–Crippen MR) is 75.5 cm³/mol. The number of hydrogen-bond acceptors (Lipinski definition) is 2. The molecule has 0 atom stereocenters. The van der Waals surface area contributed by atoms with Gasteiger partial charge in [-0.15, -0.1) is 0 Å². The second-order valence-electron chi connectivity index (χ2n) is 6.21. The van der Waals surface area contributed by atoms with Crippen LogP contribution in [0.1, 0.15) is 37.7 Å². The number of rotatable bonds is 2. The molecule has 2 fully saturated rings. The number of nitrogens with zero attached hydrogens (tertiary/aromatic N) is 1. The van der Waals surface area contributed by atoms with E-state index in [0.29, 0.717) is 12.1 Å². The van der Waals surface area contributed by atoms with Crippen LogP contribution in [0.2, 0.25) is 0 Å². The zero-order valence-corrected chi connectivity index (χ0v) is 11.8. The molecule has 1 aliphatic heterocycles. The van der Waals surface area contributed by atoms with Crippen molar-refractivity contribution in [2.45, 2.75) is 44.2 Å². The molecule has 2 aliphatic rings. The highest BCUT2D eigenvalue weighted by Crippen LogP contribution is 2.32. The molecule has 1 aliphatic carbocycles. The van der Waals surface area contributed by atoms with Crippen LogP contribution < -0.4 is 5.32 Å². The van der Waals surface area contributed by atoms with Gasteiger partial charge in [0.05, 0.1) is 0 Å². The third-order valence-electron chi connectivity index (χ3n) is 4.64. The first-order valence-corrected chi connectivity index (χ1v) is 7.58. The first-order chi connectivity index (χ1) is 9.67. The first kappa shape index (κ1) is 14.0. The van der Waals surface area contributed by atoms with Gasteiger partial charge < -0.3 is 5.32 Å². The van der Waals surface area contributed by atoms with Crippen LogP contribution in [-0.2, 0) is 6.54 Å². The van der Waals surface area contributed by atoms with E-state index >= 15 is 0 Å². The van der Waals surface area contributed by atoms with Gasteiger partial charge in [-0.05, 0) is 50.6 Å². The maximum absolute atomic E-state index is 13.8. The molecular formula is C16H22F2N2. The molecule has 1 N–H and O–H groups in total. The van der Waals surface area contributed by atoms with Gasteiger partial charge in [0.2, 0.25) is 0 Å². The van der Waals surface area contributed by atoms with Gasteiger partial charge >= 0.3 is 0 Å². The van der Waals surface area contributed by atoms with Crippen molar-refractivity contribution >= 4 is 0 Å². The molecule has 1 heterocycles. The summed E-state index contributed by atoms with van der Waals surface area (Å²) >= 11 is 0. The summed E-state index contributed by atoms with van der Waals surface area (Å²) in [6.07, 6.45) is 6.02. The van der Waals surface area contributed by atoms with E-state index in [1.54, 1.807) is 0 Å². The lowest BCUT2D eigenvalue weighted by Crippen LogP contribution is -2.49. The van der Waals surface area contributed by atoms with Crippen LogP contribution in [-0.4, -0.2) is 30.1 Å². The maximum atomic E-state index is 13.8. The van der Waals surface area contributed by atoms with Gasteiger partial charge in [0.15, 0.2) is 0 Å². The van der Waals surface area contributed by atoms with Crippen molar-refractivity contribution in [1.29, 1.82) is 0 Å². The Kier molecular flexibility index (Phi) is 4.03. The van der Waals surface area contributed by atoms with Crippen molar-refractivity contribution in [1.82, 2.24) is 10.2 Å². The van der Waals surface area contributed by atoms with E-state index in [4.69, 9.17) is 0 Å². The van der Waals surface area contributed by atoms with Crippen LogP contribution in [0.15, 0.2) is 18.2 Å². The van der Waals surface area contributed by atoms with Gasteiger partial charge in [0.1, 0.15) is 11.6 Å². The van der Waals surface area contributed by atoms with Crippen molar-refractivity contribution in [3.05, 3.63) is 35.4 Å². The molecule has 1 aromatic rings. The van der Waals surface area contributed by atoms with E-state index in [1.807, 2.05) is 0 Å². The third kappa shape index (κ3) is 3.01. The van der Waals surface area contributed by atoms with Gasteiger partial charge in [-0.3, -0.25) is 4.90 Å². The molecule has 0 radical (unpaired) electrons. The Balaban J connectivity index is 1.73. The zero-order chi connectivity index (χ0) is 14.0. The summed E-state index contributed by atoms with van der Waals surface area (Å²) in [7, 11) is 0. The van der Waals surface area contributed by atoms with Gasteiger partial charge in [-0.2, -0.15) is 0 Å². The van der Waals surface area contributed by atoms with E-state index in [9.17, 15) is 8.78 Å². The van der Waals surface area contributed by atoms with E-state index in [0.717, 1.165) is 26.1 Å². The monoisotopic (exact) mass is 280 g/mol. The summed E-state index contributed by atoms with van der Waals surface area (Å²) in [5.41, 5.74) is 0.681. The minimum atomic E-state index is -0.357. The second kappa shape index (κ2) is 5.78. The van der Waals surface area contributed by atoms with Crippen molar-refractivity contribution in [2.24, 2.45) is 0 Å². The predicted octanol–water partition coefficient (Wildman–Crippen LogP) is 3.07. The van der Waals surface area contributed by atoms with Crippen molar-refractivity contribution < 1.29 is 8.78 Å². The highest BCUT2D eigenvalue weighted by atomic mass is 19.1. The van der Waals surface area contributed by atoms with E-state index in [1.165, 1.54) is 43.9 Å². The number of hydrogen-bond donors (Lipinski definition) is 1. The molecule has 20 heavy (non-hydrogen) atoms. The third-order valence-corrected chi connectivity index (χ3v) is 4.64. The Morgan fingerprint density at radius 2 is 1.95 bits per heavy atom. The lowest BCUT2D eigenvalue weighted by Gasteiger charge is -2.33. The topological polar surface area (TPSA) is 15.3 Å². The highest BCUT2D eigenvalue weighted by molar-refractivity contribution is 5.19. The Morgan fingerprint density at radius 1 is 1.15 bits per heavy atom. The smallest absolute Gasteiger partial charge is 0.127 e. The Morgan fingerprint density at radius 3 is 2.75 bits per heavy atom. The lowest BCUT2D eigenvalue weighted by atomic mass is 9.97. The summed E-state index contributed by atoms with van der Waals surface area (Å²) in [5, 5.41) is 3.69. The second-order valence-corrected chi connectivity index (χ2v) is 6.21. The molecule has 2 nitrogen and oxygen atoms in total. The summed E-state index contributed by atoms with van der Waals surface area (Å²) in [6.45, 7) is 3.43. The number of halogens is 2. The van der Waals surface area contributed by atoms with Crippen LogP contribution >= 0.6 is 0 Å². The summed E-state index contributed by atoms with van der Waals surface area (Å²) in [6, 6.07) is 3.74. The number of benzene rings is 1. The minimum Gasteiger partial charge on any atom is -0.310 e. The molecule has 1 spiro atoms. The fraction of sp³-hybridized carbons (Fsp3) is 0.625. The van der Waals surface area contributed by atoms with Crippen molar-refractivity contribution in [2.75, 3.05) is 19.6 Å². The van der Waals surface area contributed by atoms with Crippen LogP contribution in [0.5, 0.6) is 0 Å². The van der Waals surface area contributed by atoms with Gasteiger partial charge in [0.25, 0.3) is 0 Å². The van der Waals surface area contributed by atoms with Crippen LogP contribution in [0, 0.1) is 11.6 Å². The Hall–Kier alpha value is -1.00. The average molecular weight is 280 g/mol. The van der Waals surface area contributed by atoms with E-state index in [2.05, 4.69) is 10.2 Å². The SMILES string of the molecule is Fc1ccc(F)c(CN2CCCNC3(CCCC3)C2)c1. The zero-order valence-electron chi connectivity index (χ0n) is 11.8. The normalized spacial score (nSPS) is 23.1. The van der Waals surface area contributed by atoms with E-state index in [-0.39, 0.29) is 17.2 Å². The van der Waals surface area contributed by atoms with E-state index < -0.39 is 0 Å². The molecule has 1 aromatic carbocycles. The van der Waals surface area contributed by atoms with Crippen LogP contribution in [0.3, 0.4) is 0 Å². The molecule has 4 heteroatoms. The molecule has 1 saturated heterocycles. The van der Waals surface area contributed by atoms with Crippen LogP contribution in [0.4, 0.5) is 8.78 Å². The molecular weight excluding hydrogens is 258 g/mol. The highest BCUT2D eigenvalue weighted by Gasteiger charge is 2.36. The Labute approximate surface area is 119 Å². The molecule has 0 unspecified atom stereocenters. The number of nitrogens with one attached hydrogen (secondary N) is 1. The molecule has 0 bridgehead atoms. The fourth-order valence-corrected chi connectivity index (χ4v) is 3.65. The summed E-state index contributed by atoms with van der Waals surface area (Å²) < 4.78 is 27.1. The van der Waals surface area contributed by atoms with Crippen LogP contribution in [0.25, 0.3) is 0 Å². The quantitative estimate of drug-likeness (QED) is 0.895. The van der Waals surface area contributed by atoms with Gasteiger partial charge in [-0.25, -0.2) is 8.78 Å². The maximum Gasteiger partial charge on any atom is 0.127 e. The molecule has 3 rings (SSSR count). The molecule has 0 aromatic heterocycles. The molecule has 0 amide bonds. The van der Waals surface area contributed by atoms with Gasteiger partial charge in [-0.1, -0.05) is 12.8 Å². The average Bonchev–Trinajstić information content (AvgIpc) is 2.77. The summed E-state index contributed by atoms with van der Waals surface area (Å²) in [5.74, 6) is -0.658. The Bertz CT molecular complexity index is 470. The minimum absolute atomic E-state index is 0.209. The first-order valence-electron chi connectivity index (χ1n) is 7.58. The standard InChI is InChI=1S/C16H22F2N2/c17-14-4-5-15(18)13(10-14)11-20-9-3-8-19-16(12-20)6-1-2-7-16/h4-5,10,19H,1-3,6-9,11-12H2. The lowest BCUT2D eigenvalue weighted by molar-refractivity contribution is 0.201.